The van der Waals surface area contributed by atoms with E-state index in [1.165, 1.54) is 7.11 Å². The average molecular weight is 341 g/mol. The van der Waals surface area contributed by atoms with Gasteiger partial charge in [0.05, 0.1) is 7.11 Å². The van der Waals surface area contributed by atoms with Gasteiger partial charge in [0, 0.05) is 12.1 Å². The summed E-state index contributed by atoms with van der Waals surface area (Å²) in [7, 11) is 1.28. The van der Waals surface area contributed by atoms with Crippen molar-refractivity contribution in [3.63, 3.8) is 0 Å². The van der Waals surface area contributed by atoms with Crippen LogP contribution in [0, 0.1) is 4.91 Å². The third kappa shape index (κ3) is 5.72. The van der Waals surface area contributed by atoms with E-state index in [1.807, 2.05) is 30.3 Å². The largest absolute Gasteiger partial charge is 0.467 e. The highest BCUT2D eigenvalue weighted by Crippen LogP contribution is 2.11. The number of nitrogens with one attached hydrogen (secondary N) is 2. The van der Waals surface area contributed by atoms with Gasteiger partial charge < -0.3 is 15.4 Å². The van der Waals surface area contributed by atoms with Crippen molar-refractivity contribution in [2.75, 3.05) is 12.4 Å². The maximum absolute atomic E-state index is 12.1. The lowest BCUT2D eigenvalue weighted by Gasteiger charge is -2.17. The third-order valence-electron chi connectivity index (χ3n) is 3.53. The molecule has 130 valence electrons. The van der Waals surface area contributed by atoms with Crippen molar-refractivity contribution in [1.82, 2.24) is 5.32 Å². The number of nitroso groups, excluding NO2 is 1. The Morgan fingerprint density at radius 2 is 1.72 bits per heavy atom. The Bertz CT molecular complexity index is 717. The summed E-state index contributed by atoms with van der Waals surface area (Å²) in [6, 6.07) is 14.7. The summed E-state index contributed by atoms with van der Waals surface area (Å²) in [6.45, 7) is 0.0773. The fourth-order valence-electron chi connectivity index (χ4n) is 2.28. The van der Waals surface area contributed by atoms with E-state index in [0.717, 1.165) is 11.1 Å². The molecule has 7 heteroatoms. The molecule has 0 radical (unpaired) electrons. The van der Waals surface area contributed by atoms with Crippen LogP contribution in [0.4, 0.5) is 10.5 Å². The number of benzene rings is 2. The first kappa shape index (κ1) is 18.1. The minimum Gasteiger partial charge on any atom is -0.467 e. The van der Waals surface area contributed by atoms with Gasteiger partial charge in [-0.05, 0) is 23.3 Å². The van der Waals surface area contributed by atoms with E-state index in [9.17, 15) is 14.5 Å². The Balaban J connectivity index is 1.98. The molecule has 0 saturated heterocycles. The highest BCUT2D eigenvalue weighted by Gasteiger charge is 2.21. The number of nitrogens with zero attached hydrogens (tertiary/aromatic N) is 1. The molecule has 2 rings (SSSR count). The van der Waals surface area contributed by atoms with E-state index in [4.69, 9.17) is 4.74 Å². The van der Waals surface area contributed by atoms with Gasteiger partial charge in [-0.15, -0.1) is 0 Å². The number of methoxy groups -OCH3 is 1. The van der Waals surface area contributed by atoms with Gasteiger partial charge in [0.25, 0.3) is 0 Å². The van der Waals surface area contributed by atoms with Gasteiger partial charge in [-0.3, -0.25) is 0 Å². The van der Waals surface area contributed by atoms with E-state index in [1.54, 1.807) is 24.3 Å². The van der Waals surface area contributed by atoms with E-state index in [0.29, 0.717) is 12.1 Å². The summed E-state index contributed by atoms with van der Waals surface area (Å²) in [5.74, 6) is -0.522. The molecule has 0 fully saturated rings. The van der Waals surface area contributed by atoms with Crippen LogP contribution in [0.1, 0.15) is 11.1 Å². The predicted octanol–water partition coefficient (Wildman–Crippen LogP) is 2.86. The van der Waals surface area contributed by atoms with Crippen LogP contribution in [0.15, 0.2) is 59.8 Å². The number of amides is 2. The molecule has 0 spiro atoms. The molecule has 2 N–H and O–H groups in total. The van der Waals surface area contributed by atoms with Crippen LogP contribution in [0.5, 0.6) is 0 Å². The maximum atomic E-state index is 12.1. The lowest BCUT2D eigenvalue weighted by Crippen LogP contribution is -2.45. The second kappa shape index (κ2) is 9.17. The molecule has 0 saturated carbocycles. The van der Waals surface area contributed by atoms with Crippen LogP contribution < -0.4 is 10.6 Å². The summed E-state index contributed by atoms with van der Waals surface area (Å²) in [6.07, 6.45) is 0.324. The molecule has 2 aromatic carbocycles. The molecule has 0 heterocycles. The van der Waals surface area contributed by atoms with E-state index >= 15 is 0 Å². The molecule has 0 aliphatic rings. The lowest BCUT2D eigenvalue weighted by atomic mass is 10.1. The highest BCUT2D eigenvalue weighted by molar-refractivity contribution is 5.92. The summed E-state index contributed by atoms with van der Waals surface area (Å²) in [5, 5.41) is 8.05. The molecule has 0 bridgehead atoms. The van der Waals surface area contributed by atoms with Crippen molar-refractivity contribution in [3.05, 3.63) is 70.6 Å². The first-order valence-corrected chi connectivity index (χ1v) is 7.69. The topological polar surface area (TPSA) is 96.9 Å². The summed E-state index contributed by atoms with van der Waals surface area (Å²) >= 11 is 0. The van der Waals surface area contributed by atoms with Crippen molar-refractivity contribution in [2.24, 2.45) is 5.18 Å². The summed E-state index contributed by atoms with van der Waals surface area (Å²) in [4.78, 5) is 34.3. The molecule has 7 nitrogen and oxygen atoms in total. The molecular formula is C18H19N3O4. The van der Waals surface area contributed by atoms with Crippen LogP contribution in [-0.4, -0.2) is 25.2 Å². The van der Waals surface area contributed by atoms with Crippen molar-refractivity contribution < 1.29 is 14.3 Å². The van der Waals surface area contributed by atoms with Gasteiger partial charge in [0.15, 0.2) is 0 Å². The quantitative estimate of drug-likeness (QED) is 0.598. The molecular weight excluding hydrogens is 322 g/mol. The second-order valence-corrected chi connectivity index (χ2v) is 5.35. The number of urea groups is 1. The Labute approximate surface area is 145 Å². The Kier molecular flexibility index (Phi) is 6.65. The molecule has 0 aliphatic carbocycles. The van der Waals surface area contributed by atoms with Crippen molar-refractivity contribution in [2.45, 2.75) is 19.0 Å². The Hall–Kier alpha value is -3.22. The van der Waals surface area contributed by atoms with Gasteiger partial charge in [-0.1, -0.05) is 47.6 Å². The zero-order chi connectivity index (χ0) is 18.1. The monoisotopic (exact) mass is 341 g/mol. The number of carbonyl (C=O) groups excluding carboxylic acids is 2. The first-order valence-electron chi connectivity index (χ1n) is 7.69. The fourth-order valence-corrected chi connectivity index (χ4v) is 2.28. The molecule has 2 aromatic rings. The molecule has 0 aromatic heterocycles. The number of anilines is 1. The van der Waals surface area contributed by atoms with Crippen LogP contribution >= 0.6 is 0 Å². The van der Waals surface area contributed by atoms with E-state index in [-0.39, 0.29) is 6.54 Å². The van der Waals surface area contributed by atoms with E-state index < -0.39 is 18.0 Å². The average Bonchev–Trinajstić information content (AvgIpc) is 2.63. The zero-order valence-electron chi connectivity index (χ0n) is 13.8. The number of hydrogen-bond acceptors (Lipinski definition) is 5. The molecule has 2 amide bonds. The SMILES string of the molecule is COC(=O)C(Cc1ccccc1)NC(=O)Nc1ccc(CN=O)cc1. The number of carbonyl (C=O) groups is 2. The second-order valence-electron chi connectivity index (χ2n) is 5.35. The number of ether oxygens (including phenoxy) is 1. The van der Waals surface area contributed by atoms with Crippen LogP contribution in [0.2, 0.25) is 0 Å². The standard InChI is InChI=1S/C18H19N3O4/c1-25-17(22)16(11-13-5-3-2-4-6-13)21-18(23)20-15-9-7-14(8-10-15)12-19-24/h2-10,16H,11-12H2,1H3,(H2,20,21,23). The van der Waals surface area contributed by atoms with Gasteiger partial charge in [-0.25, -0.2) is 9.59 Å². The number of rotatable bonds is 7. The van der Waals surface area contributed by atoms with Crippen LogP contribution in [0.25, 0.3) is 0 Å². The van der Waals surface area contributed by atoms with Crippen LogP contribution in [-0.2, 0) is 22.5 Å². The molecule has 1 atom stereocenters. The van der Waals surface area contributed by atoms with E-state index in [2.05, 4.69) is 15.8 Å². The molecule has 25 heavy (non-hydrogen) atoms. The van der Waals surface area contributed by atoms with Gasteiger partial charge in [0.2, 0.25) is 0 Å². The molecule has 0 aliphatic heterocycles. The third-order valence-corrected chi connectivity index (χ3v) is 3.53. The molecule has 1 unspecified atom stereocenters. The Morgan fingerprint density at radius 3 is 2.32 bits per heavy atom. The minimum absolute atomic E-state index is 0.0773. The zero-order valence-corrected chi connectivity index (χ0v) is 13.8. The first-order chi connectivity index (χ1) is 12.1. The van der Waals surface area contributed by atoms with Gasteiger partial charge in [0.1, 0.15) is 12.6 Å². The van der Waals surface area contributed by atoms with Gasteiger partial charge in [-0.2, -0.15) is 4.91 Å². The van der Waals surface area contributed by atoms with Gasteiger partial charge >= 0.3 is 12.0 Å². The van der Waals surface area contributed by atoms with Crippen molar-refractivity contribution >= 4 is 17.7 Å². The van der Waals surface area contributed by atoms with Crippen molar-refractivity contribution in [3.8, 4) is 0 Å². The predicted molar refractivity (Wildman–Crippen MR) is 94.0 cm³/mol. The summed E-state index contributed by atoms with van der Waals surface area (Å²) in [5.41, 5.74) is 2.19. The lowest BCUT2D eigenvalue weighted by molar-refractivity contribution is -0.142. The highest BCUT2D eigenvalue weighted by atomic mass is 16.5. The maximum Gasteiger partial charge on any atom is 0.328 e. The minimum atomic E-state index is -0.800. The van der Waals surface area contributed by atoms with Crippen molar-refractivity contribution in [1.29, 1.82) is 0 Å². The summed E-state index contributed by atoms with van der Waals surface area (Å²) < 4.78 is 4.76. The normalized spacial score (nSPS) is 11.2. The number of hydrogen-bond donors (Lipinski definition) is 2. The van der Waals surface area contributed by atoms with Crippen LogP contribution in [0.3, 0.4) is 0 Å². The fraction of sp³-hybridized carbons (Fsp3) is 0.222. The number of esters is 1. The smallest absolute Gasteiger partial charge is 0.328 e. The Morgan fingerprint density at radius 1 is 1.04 bits per heavy atom.